The van der Waals surface area contributed by atoms with Crippen LogP contribution >= 0.6 is 22.9 Å². The molecule has 0 bridgehead atoms. The summed E-state index contributed by atoms with van der Waals surface area (Å²) in [5, 5.41) is 6.37. The molecule has 0 spiro atoms. The number of aromatic nitrogens is 2. The van der Waals surface area contributed by atoms with E-state index in [2.05, 4.69) is 28.4 Å². The van der Waals surface area contributed by atoms with Crippen LogP contribution < -0.4 is 0 Å². The lowest BCUT2D eigenvalue weighted by Crippen LogP contribution is -2.43. The highest BCUT2D eigenvalue weighted by Crippen LogP contribution is 2.23. The summed E-state index contributed by atoms with van der Waals surface area (Å²) < 4.78 is 8.91. The van der Waals surface area contributed by atoms with Gasteiger partial charge < -0.3 is 4.74 Å². The molecule has 126 valence electrons. The fraction of sp³-hybridized carbons (Fsp3) is 0.588. The monoisotopic (exact) mass is 353 g/mol. The molecule has 1 saturated heterocycles. The molecular weight excluding hydrogens is 330 g/mol. The van der Waals surface area contributed by atoms with Crippen molar-refractivity contribution in [2.45, 2.75) is 44.9 Å². The van der Waals surface area contributed by atoms with Gasteiger partial charge in [0.25, 0.3) is 0 Å². The smallest absolute Gasteiger partial charge is 0.0931 e. The van der Waals surface area contributed by atoms with Gasteiger partial charge in [0.1, 0.15) is 0 Å². The molecule has 1 unspecified atom stereocenters. The fourth-order valence-electron chi connectivity index (χ4n) is 3.15. The fourth-order valence-corrected chi connectivity index (χ4v) is 4.09. The molecule has 2 atom stereocenters. The first-order chi connectivity index (χ1) is 11.1. The van der Waals surface area contributed by atoms with Crippen molar-refractivity contribution < 1.29 is 4.74 Å². The molecule has 0 aromatic carbocycles. The third-order valence-electron chi connectivity index (χ3n) is 4.62. The topological polar surface area (TPSA) is 30.3 Å². The minimum Gasteiger partial charge on any atom is -0.378 e. The van der Waals surface area contributed by atoms with Gasteiger partial charge in [0.2, 0.25) is 0 Å². The molecule has 0 amide bonds. The van der Waals surface area contributed by atoms with E-state index in [9.17, 15) is 0 Å². The molecule has 1 fully saturated rings. The maximum atomic E-state index is 6.09. The normalized spacial score (nSPS) is 22.6. The summed E-state index contributed by atoms with van der Waals surface area (Å²) in [6, 6.07) is 4.68. The van der Waals surface area contributed by atoms with Crippen molar-refractivity contribution in [3.05, 3.63) is 39.3 Å². The number of nitrogens with zero attached hydrogens (tertiary/aromatic N) is 3. The van der Waals surface area contributed by atoms with Gasteiger partial charge in [-0.1, -0.05) is 11.6 Å². The van der Waals surface area contributed by atoms with Crippen molar-refractivity contribution in [2.24, 2.45) is 7.05 Å². The van der Waals surface area contributed by atoms with Crippen LogP contribution in [0, 0.1) is 0 Å². The van der Waals surface area contributed by atoms with Crippen LogP contribution in [0.1, 0.15) is 31.0 Å². The largest absolute Gasteiger partial charge is 0.378 e. The Morgan fingerprint density at radius 2 is 2.35 bits per heavy atom. The molecule has 0 aliphatic carbocycles. The molecule has 1 aliphatic heterocycles. The zero-order valence-electron chi connectivity index (χ0n) is 13.7. The van der Waals surface area contributed by atoms with Crippen molar-refractivity contribution in [2.75, 3.05) is 13.2 Å². The number of hydrogen-bond donors (Lipinski definition) is 0. The first kappa shape index (κ1) is 17.0. The number of ether oxygens (including phenoxy) is 1. The highest BCUT2D eigenvalue weighted by Gasteiger charge is 2.26. The van der Waals surface area contributed by atoms with Crippen LogP contribution in [0.3, 0.4) is 0 Å². The zero-order chi connectivity index (χ0) is 16.2. The molecule has 0 radical (unpaired) electrons. The number of hydrogen-bond acceptors (Lipinski definition) is 4. The molecule has 2 aromatic heterocycles. The Labute approximate surface area is 147 Å². The standard InChI is InChI=1S/C17H24ClN3OS/c1-13-9-16(22-8-5-14-10-17(18)23-12-14)4-7-21(13)11-15-3-6-19-20(15)2/h3,6,10,12-13,16H,4-5,7-9,11H2,1-2H3/t13-,16?/m0/s1. The number of likely N-dealkylation sites (tertiary alicyclic amines) is 1. The third kappa shape index (κ3) is 4.57. The van der Waals surface area contributed by atoms with Crippen LogP contribution in [0.5, 0.6) is 0 Å². The van der Waals surface area contributed by atoms with Crippen molar-refractivity contribution in [1.29, 1.82) is 0 Å². The Balaban J connectivity index is 1.42. The lowest BCUT2D eigenvalue weighted by Gasteiger charge is -2.37. The van der Waals surface area contributed by atoms with E-state index < -0.39 is 0 Å². The summed E-state index contributed by atoms with van der Waals surface area (Å²) in [7, 11) is 2.01. The predicted octanol–water partition coefficient (Wildman–Crippen LogP) is 3.75. The van der Waals surface area contributed by atoms with Crippen LogP contribution in [-0.4, -0.2) is 40.0 Å². The Morgan fingerprint density at radius 3 is 3.00 bits per heavy atom. The van der Waals surface area contributed by atoms with E-state index in [0.29, 0.717) is 12.1 Å². The Kier molecular flexibility index (Phi) is 5.75. The highest BCUT2D eigenvalue weighted by atomic mass is 35.5. The number of aryl methyl sites for hydroxylation is 1. The minimum absolute atomic E-state index is 0.377. The zero-order valence-corrected chi connectivity index (χ0v) is 15.3. The van der Waals surface area contributed by atoms with Crippen molar-refractivity contribution in [1.82, 2.24) is 14.7 Å². The third-order valence-corrected chi connectivity index (χ3v) is 5.76. The molecule has 1 aliphatic rings. The molecule has 0 saturated carbocycles. The van der Waals surface area contributed by atoms with Crippen molar-refractivity contribution in [3.8, 4) is 0 Å². The first-order valence-corrected chi connectivity index (χ1v) is 9.43. The Hall–Kier alpha value is -0.880. The van der Waals surface area contributed by atoms with Gasteiger partial charge in [0.05, 0.1) is 22.7 Å². The van der Waals surface area contributed by atoms with E-state index in [1.165, 1.54) is 11.3 Å². The minimum atomic E-state index is 0.377. The molecule has 23 heavy (non-hydrogen) atoms. The first-order valence-electron chi connectivity index (χ1n) is 8.17. The molecule has 3 rings (SSSR count). The molecule has 3 heterocycles. The van der Waals surface area contributed by atoms with Crippen LogP contribution in [0.25, 0.3) is 0 Å². The number of rotatable bonds is 6. The second-order valence-electron chi connectivity index (χ2n) is 6.29. The van der Waals surface area contributed by atoms with E-state index in [0.717, 1.165) is 43.3 Å². The van der Waals surface area contributed by atoms with E-state index >= 15 is 0 Å². The molecule has 0 N–H and O–H groups in total. The quantitative estimate of drug-likeness (QED) is 0.792. The second kappa shape index (κ2) is 7.79. The van der Waals surface area contributed by atoms with E-state index in [-0.39, 0.29) is 0 Å². The van der Waals surface area contributed by atoms with Gasteiger partial charge in [-0.25, -0.2) is 0 Å². The van der Waals surface area contributed by atoms with Crippen molar-refractivity contribution >= 4 is 22.9 Å². The molecule has 6 heteroatoms. The molecule has 4 nitrogen and oxygen atoms in total. The average molecular weight is 354 g/mol. The number of thiophene rings is 1. The van der Waals surface area contributed by atoms with Crippen LogP contribution in [0.4, 0.5) is 0 Å². The number of piperidine rings is 1. The lowest BCUT2D eigenvalue weighted by molar-refractivity contribution is -0.0133. The van der Waals surface area contributed by atoms with E-state index in [4.69, 9.17) is 16.3 Å². The van der Waals surface area contributed by atoms with Crippen LogP contribution in [0.15, 0.2) is 23.7 Å². The van der Waals surface area contributed by atoms with Gasteiger partial charge in [0, 0.05) is 32.4 Å². The Bertz CT molecular complexity index is 627. The van der Waals surface area contributed by atoms with Crippen LogP contribution in [0.2, 0.25) is 4.34 Å². The van der Waals surface area contributed by atoms with Gasteiger partial charge >= 0.3 is 0 Å². The van der Waals surface area contributed by atoms with Crippen molar-refractivity contribution in [3.63, 3.8) is 0 Å². The van der Waals surface area contributed by atoms with E-state index in [1.54, 1.807) is 11.3 Å². The summed E-state index contributed by atoms with van der Waals surface area (Å²) in [5.74, 6) is 0. The SMILES string of the molecule is C[C@H]1CC(OCCc2csc(Cl)c2)CCN1Cc1ccnn1C. The maximum absolute atomic E-state index is 6.09. The summed E-state index contributed by atoms with van der Waals surface area (Å²) in [4.78, 5) is 2.52. The molecular formula is C17H24ClN3OS. The Morgan fingerprint density at radius 1 is 1.48 bits per heavy atom. The summed E-state index contributed by atoms with van der Waals surface area (Å²) >= 11 is 7.55. The predicted molar refractivity (Wildman–Crippen MR) is 95.1 cm³/mol. The van der Waals surface area contributed by atoms with E-state index in [1.807, 2.05) is 24.0 Å². The summed E-state index contributed by atoms with van der Waals surface area (Å²) in [6.45, 7) is 5.13. The van der Waals surface area contributed by atoms with Gasteiger partial charge in [-0.05, 0) is 49.3 Å². The number of halogens is 1. The summed E-state index contributed by atoms with van der Waals surface area (Å²) in [5.41, 5.74) is 2.55. The van der Waals surface area contributed by atoms with Gasteiger partial charge in [-0.15, -0.1) is 11.3 Å². The molecule has 2 aromatic rings. The lowest BCUT2D eigenvalue weighted by atomic mass is 10.0. The maximum Gasteiger partial charge on any atom is 0.0931 e. The average Bonchev–Trinajstić information content (AvgIpc) is 3.11. The summed E-state index contributed by atoms with van der Waals surface area (Å²) in [6.07, 6.45) is 5.40. The second-order valence-corrected chi connectivity index (χ2v) is 7.83. The highest BCUT2D eigenvalue weighted by molar-refractivity contribution is 7.14. The van der Waals surface area contributed by atoms with Gasteiger partial charge in [-0.2, -0.15) is 5.10 Å². The van der Waals surface area contributed by atoms with Crippen LogP contribution in [-0.2, 0) is 24.8 Å². The van der Waals surface area contributed by atoms with Gasteiger partial charge in [0.15, 0.2) is 0 Å². The van der Waals surface area contributed by atoms with Gasteiger partial charge in [-0.3, -0.25) is 9.58 Å².